The number of halogens is 1. The highest BCUT2D eigenvalue weighted by molar-refractivity contribution is 6.30. The van der Waals surface area contributed by atoms with Crippen molar-refractivity contribution >= 4 is 29.4 Å². The molecule has 26 heavy (non-hydrogen) atoms. The van der Waals surface area contributed by atoms with Crippen molar-refractivity contribution in [2.24, 2.45) is 5.92 Å². The number of hydrogen-bond donors (Lipinski definition) is 0. The van der Waals surface area contributed by atoms with E-state index in [-0.39, 0.29) is 17.9 Å². The highest BCUT2D eigenvalue weighted by atomic mass is 35.5. The normalized spacial score (nSPS) is 18.8. The molecule has 0 bridgehead atoms. The van der Waals surface area contributed by atoms with Crippen LogP contribution in [0.3, 0.4) is 0 Å². The van der Waals surface area contributed by atoms with Crippen molar-refractivity contribution in [3.05, 3.63) is 23.4 Å². The molecule has 2 aliphatic rings. The van der Waals surface area contributed by atoms with E-state index in [9.17, 15) is 9.59 Å². The summed E-state index contributed by atoms with van der Waals surface area (Å²) in [6, 6.07) is 3.78. The van der Waals surface area contributed by atoms with Crippen molar-refractivity contribution in [3.8, 4) is 0 Å². The number of urea groups is 1. The minimum absolute atomic E-state index is 0.0278. The van der Waals surface area contributed by atoms with E-state index >= 15 is 0 Å². The average Bonchev–Trinajstić information content (AvgIpc) is 2.67. The number of carbonyl (C=O) groups is 2. The largest absolute Gasteiger partial charge is 0.353 e. The van der Waals surface area contributed by atoms with Gasteiger partial charge in [0, 0.05) is 65.5 Å². The zero-order valence-electron chi connectivity index (χ0n) is 15.4. The van der Waals surface area contributed by atoms with Gasteiger partial charge in [-0.15, -0.1) is 0 Å². The summed E-state index contributed by atoms with van der Waals surface area (Å²) in [5.74, 6) is 1.16. The van der Waals surface area contributed by atoms with Gasteiger partial charge in [0.05, 0.1) is 5.02 Å². The van der Waals surface area contributed by atoms with E-state index in [0.29, 0.717) is 31.2 Å². The second-order valence-electron chi connectivity index (χ2n) is 7.09. The maximum atomic E-state index is 12.8. The Balaban J connectivity index is 1.48. The second kappa shape index (κ2) is 8.12. The molecular weight excluding hydrogens is 354 g/mol. The predicted molar refractivity (Wildman–Crippen MR) is 101 cm³/mol. The summed E-state index contributed by atoms with van der Waals surface area (Å²) in [7, 11) is 3.52. The topological polar surface area (TPSA) is 60.0 Å². The first kappa shape index (κ1) is 18.8. The minimum atomic E-state index is 0.0278. The molecule has 0 atom stereocenters. The van der Waals surface area contributed by atoms with Gasteiger partial charge in [0.25, 0.3) is 0 Å². The lowest BCUT2D eigenvalue weighted by Gasteiger charge is -2.39. The summed E-state index contributed by atoms with van der Waals surface area (Å²) in [6.45, 7) is 4.28. The Hall–Kier alpha value is -2.02. The first-order chi connectivity index (χ1) is 12.5. The number of rotatable bonds is 2. The number of pyridine rings is 1. The lowest BCUT2D eigenvalue weighted by atomic mass is 9.95. The Morgan fingerprint density at radius 2 is 1.69 bits per heavy atom. The van der Waals surface area contributed by atoms with Crippen LogP contribution in [0.5, 0.6) is 0 Å². The van der Waals surface area contributed by atoms with Crippen LogP contribution < -0.4 is 4.90 Å². The van der Waals surface area contributed by atoms with Gasteiger partial charge in [0.1, 0.15) is 5.82 Å². The Bertz CT molecular complexity index is 635. The molecule has 3 rings (SSSR count). The van der Waals surface area contributed by atoms with Gasteiger partial charge >= 0.3 is 6.03 Å². The molecule has 0 N–H and O–H groups in total. The quantitative estimate of drug-likeness (QED) is 0.785. The van der Waals surface area contributed by atoms with Crippen molar-refractivity contribution in [1.82, 2.24) is 19.7 Å². The van der Waals surface area contributed by atoms with E-state index in [1.807, 2.05) is 21.9 Å². The molecule has 1 aromatic rings. The van der Waals surface area contributed by atoms with Gasteiger partial charge in [-0.2, -0.15) is 0 Å². The molecule has 0 aliphatic carbocycles. The number of amides is 3. The molecule has 7 nitrogen and oxygen atoms in total. The zero-order valence-corrected chi connectivity index (χ0v) is 16.2. The fourth-order valence-electron chi connectivity index (χ4n) is 3.57. The third-order valence-electron chi connectivity index (χ3n) is 5.12. The monoisotopic (exact) mass is 379 g/mol. The molecule has 2 saturated heterocycles. The van der Waals surface area contributed by atoms with Gasteiger partial charge in [-0.25, -0.2) is 9.78 Å². The first-order valence-corrected chi connectivity index (χ1v) is 9.45. The summed E-state index contributed by atoms with van der Waals surface area (Å²) in [4.78, 5) is 36.7. The maximum Gasteiger partial charge on any atom is 0.319 e. The molecule has 0 unspecified atom stereocenters. The molecular formula is C18H26ClN5O2. The van der Waals surface area contributed by atoms with Crippen molar-refractivity contribution < 1.29 is 9.59 Å². The molecule has 0 aromatic carbocycles. The van der Waals surface area contributed by atoms with Crippen LogP contribution in [0.4, 0.5) is 10.6 Å². The zero-order chi connectivity index (χ0) is 18.7. The maximum absolute atomic E-state index is 12.8. The van der Waals surface area contributed by atoms with Gasteiger partial charge in [-0.3, -0.25) is 4.79 Å². The number of hydrogen-bond acceptors (Lipinski definition) is 4. The van der Waals surface area contributed by atoms with Crippen LogP contribution in [0.1, 0.15) is 12.8 Å². The van der Waals surface area contributed by atoms with E-state index in [4.69, 9.17) is 11.6 Å². The fourth-order valence-corrected chi connectivity index (χ4v) is 3.68. The molecule has 142 valence electrons. The van der Waals surface area contributed by atoms with Crippen molar-refractivity contribution in [1.29, 1.82) is 0 Å². The second-order valence-corrected chi connectivity index (χ2v) is 7.52. The van der Waals surface area contributed by atoms with Crippen LogP contribution in [-0.2, 0) is 4.79 Å². The average molecular weight is 380 g/mol. The highest BCUT2D eigenvalue weighted by Crippen LogP contribution is 2.22. The van der Waals surface area contributed by atoms with E-state index in [0.717, 1.165) is 31.7 Å². The summed E-state index contributed by atoms with van der Waals surface area (Å²) in [5.41, 5.74) is 0. The number of piperidine rings is 1. The van der Waals surface area contributed by atoms with Gasteiger partial charge in [-0.1, -0.05) is 11.6 Å². The Morgan fingerprint density at radius 3 is 2.23 bits per heavy atom. The number of piperazine rings is 1. The smallest absolute Gasteiger partial charge is 0.319 e. The Morgan fingerprint density at radius 1 is 1.04 bits per heavy atom. The van der Waals surface area contributed by atoms with Gasteiger partial charge in [-0.05, 0) is 25.0 Å². The molecule has 3 amide bonds. The first-order valence-electron chi connectivity index (χ1n) is 9.07. The number of nitrogens with zero attached hydrogens (tertiary/aromatic N) is 5. The van der Waals surface area contributed by atoms with Crippen LogP contribution >= 0.6 is 11.6 Å². The summed E-state index contributed by atoms with van der Waals surface area (Å²) in [5, 5.41) is 0.627. The van der Waals surface area contributed by atoms with E-state index in [1.165, 1.54) is 0 Å². The number of aromatic nitrogens is 1. The fraction of sp³-hybridized carbons (Fsp3) is 0.611. The van der Waals surface area contributed by atoms with E-state index in [2.05, 4.69) is 9.88 Å². The van der Waals surface area contributed by atoms with Gasteiger partial charge in [0.15, 0.2) is 0 Å². The molecule has 0 spiro atoms. The summed E-state index contributed by atoms with van der Waals surface area (Å²) < 4.78 is 0. The lowest BCUT2D eigenvalue weighted by Crippen LogP contribution is -2.52. The van der Waals surface area contributed by atoms with Crippen molar-refractivity contribution in [2.75, 3.05) is 58.3 Å². The molecule has 2 aliphatic heterocycles. The third-order valence-corrected chi connectivity index (χ3v) is 5.35. The standard InChI is InChI=1S/C18H26ClN5O2/c1-21(2)18(26)24-7-5-14(6-8-24)17(25)23-11-9-22(10-12-23)16-4-3-15(19)13-20-16/h3-4,13-14H,5-12H2,1-2H3. The Labute approximate surface area is 159 Å². The molecule has 8 heteroatoms. The minimum Gasteiger partial charge on any atom is -0.353 e. The molecule has 0 radical (unpaired) electrons. The molecule has 0 saturated carbocycles. The van der Waals surface area contributed by atoms with Gasteiger partial charge < -0.3 is 19.6 Å². The molecule has 3 heterocycles. The highest BCUT2D eigenvalue weighted by Gasteiger charge is 2.32. The van der Waals surface area contributed by atoms with Gasteiger partial charge in [0.2, 0.25) is 5.91 Å². The number of anilines is 1. The third kappa shape index (κ3) is 4.20. The van der Waals surface area contributed by atoms with Crippen LogP contribution in [0.2, 0.25) is 5.02 Å². The van der Waals surface area contributed by atoms with E-state index in [1.54, 1.807) is 25.2 Å². The predicted octanol–water partition coefficient (Wildman–Crippen LogP) is 1.78. The molecule has 1 aromatic heterocycles. The van der Waals surface area contributed by atoms with Crippen LogP contribution in [-0.4, -0.2) is 85.0 Å². The van der Waals surface area contributed by atoms with Crippen molar-refractivity contribution in [2.45, 2.75) is 12.8 Å². The van der Waals surface area contributed by atoms with Crippen LogP contribution in [0, 0.1) is 5.92 Å². The summed E-state index contributed by atoms with van der Waals surface area (Å²) in [6.07, 6.45) is 3.14. The van der Waals surface area contributed by atoms with Crippen LogP contribution in [0.15, 0.2) is 18.3 Å². The lowest BCUT2D eigenvalue weighted by molar-refractivity contribution is -0.137. The van der Waals surface area contributed by atoms with Crippen LogP contribution in [0.25, 0.3) is 0 Å². The summed E-state index contributed by atoms with van der Waals surface area (Å²) >= 11 is 5.89. The number of likely N-dealkylation sites (tertiary alicyclic amines) is 1. The number of carbonyl (C=O) groups excluding carboxylic acids is 2. The Kier molecular flexibility index (Phi) is 5.86. The van der Waals surface area contributed by atoms with E-state index < -0.39 is 0 Å². The van der Waals surface area contributed by atoms with Crippen molar-refractivity contribution in [3.63, 3.8) is 0 Å². The SMILES string of the molecule is CN(C)C(=O)N1CCC(C(=O)N2CCN(c3ccc(Cl)cn3)CC2)CC1. The molecule has 2 fully saturated rings.